The summed E-state index contributed by atoms with van der Waals surface area (Å²) in [5, 5.41) is 2.99. The number of hydrogen-bond acceptors (Lipinski definition) is 3. The molecule has 0 bridgehead atoms. The number of hydrogen-bond donors (Lipinski definition) is 2. The Morgan fingerprint density at radius 1 is 1.07 bits per heavy atom. The molecule has 3 rings (SSSR count). The molecular formula is C21H26F2IN3O2. The van der Waals surface area contributed by atoms with Crippen molar-refractivity contribution in [2.24, 2.45) is 10.7 Å². The van der Waals surface area contributed by atoms with Crippen molar-refractivity contribution in [2.45, 2.75) is 31.1 Å². The average Bonchev–Trinajstić information content (AvgIpc) is 3.16. The Balaban J connectivity index is 0.00000300. The smallest absolute Gasteiger partial charge is 0.193 e. The van der Waals surface area contributed by atoms with Gasteiger partial charge in [0.25, 0.3) is 0 Å². The minimum absolute atomic E-state index is 0. The first kappa shape index (κ1) is 23.2. The number of halogens is 3. The number of benzene rings is 2. The van der Waals surface area contributed by atoms with Gasteiger partial charge >= 0.3 is 0 Å². The van der Waals surface area contributed by atoms with Crippen molar-refractivity contribution in [1.29, 1.82) is 0 Å². The predicted molar refractivity (Wildman–Crippen MR) is 122 cm³/mol. The molecule has 5 nitrogen and oxygen atoms in total. The van der Waals surface area contributed by atoms with Crippen LogP contribution in [0.15, 0.2) is 41.4 Å². The first-order valence-corrected chi connectivity index (χ1v) is 9.22. The molecule has 3 N–H and O–H groups in total. The van der Waals surface area contributed by atoms with Gasteiger partial charge in [-0.1, -0.05) is 18.9 Å². The van der Waals surface area contributed by atoms with Gasteiger partial charge in [0.15, 0.2) is 17.5 Å². The third-order valence-corrected chi connectivity index (χ3v) is 5.26. The minimum atomic E-state index is -0.667. The zero-order chi connectivity index (χ0) is 20.1. The number of rotatable bonds is 6. The maximum absolute atomic E-state index is 14.4. The molecule has 0 unspecified atom stereocenters. The molecule has 158 valence electrons. The standard InChI is InChI=1S/C21H25F2N3O2.HI/c1-27-17-9-8-14(12-18(17)28-2)26-20(24)25-13-21(10-3-4-11-21)19-15(22)6-5-7-16(19)23;/h5-9,12H,3-4,10-11,13H2,1-2H3,(H3,24,25,26);1H. The van der Waals surface area contributed by atoms with Crippen molar-refractivity contribution in [1.82, 2.24) is 0 Å². The van der Waals surface area contributed by atoms with E-state index < -0.39 is 17.0 Å². The highest BCUT2D eigenvalue weighted by atomic mass is 127. The molecule has 1 saturated carbocycles. The highest BCUT2D eigenvalue weighted by Crippen LogP contribution is 2.43. The van der Waals surface area contributed by atoms with Gasteiger partial charge in [-0.25, -0.2) is 8.78 Å². The van der Waals surface area contributed by atoms with Crippen molar-refractivity contribution in [2.75, 3.05) is 26.1 Å². The van der Waals surface area contributed by atoms with E-state index in [4.69, 9.17) is 15.2 Å². The van der Waals surface area contributed by atoms with Gasteiger partial charge in [0, 0.05) is 22.7 Å². The van der Waals surface area contributed by atoms with Crippen molar-refractivity contribution in [3.05, 3.63) is 53.6 Å². The summed E-state index contributed by atoms with van der Waals surface area (Å²) >= 11 is 0. The molecule has 1 fully saturated rings. The zero-order valence-corrected chi connectivity index (χ0v) is 18.8. The minimum Gasteiger partial charge on any atom is -0.493 e. The van der Waals surface area contributed by atoms with Crippen molar-refractivity contribution < 1.29 is 18.3 Å². The van der Waals surface area contributed by atoms with Gasteiger partial charge < -0.3 is 20.5 Å². The predicted octanol–water partition coefficient (Wildman–Crippen LogP) is 4.84. The fraction of sp³-hybridized carbons (Fsp3) is 0.381. The number of anilines is 1. The average molecular weight is 517 g/mol. The summed E-state index contributed by atoms with van der Waals surface area (Å²) in [6.45, 7) is 0.219. The molecule has 2 aromatic rings. The third kappa shape index (κ3) is 5.09. The second-order valence-electron chi connectivity index (χ2n) is 6.98. The maximum atomic E-state index is 14.4. The normalized spacial score (nSPS) is 15.5. The SMILES string of the molecule is COc1ccc(NC(N)=NCC2(c3c(F)cccc3F)CCCC2)cc1OC.I. The first-order valence-electron chi connectivity index (χ1n) is 9.22. The van der Waals surface area contributed by atoms with Gasteiger partial charge in [-0.2, -0.15) is 0 Å². The number of nitrogens with two attached hydrogens (primary N) is 1. The van der Waals surface area contributed by atoms with Crippen LogP contribution in [0.4, 0.5) is 14.5 Å². The number of aliphatic imine (C=N–C) groups is 1. The second kappa shape index (κ2) is 10.1. The van der Waals surface area contributed by atoms with Gasteiger partial charge in [-0.3, -0.25) is 4.99 Å². The van der Waals surface area contributed by atoms with Crippen LogP contribution in [0.5, 0.6) is 11.5 Å². The highest BCUT2D eigenvalue weighted by molar-refractivity contribution is 14.0. The Bertz CT molecular complexity index is 851. The molecule has 0 atom stereocenters. The van der Waals surface area contributed by atoms with Crippen LogP contribution in [0.3, 0.4) is 0 Å². The molecule has 0 aromatic heterocycles. The number of nitrogens with zero attached hydrogens (tertiary/aromatic N) is 1. The van der Waals surface area contributed by atoms with Crippen LogP contribution in [0.1, 0.15) is 31.2 Å². The van der Waals surface area contributed by atoms with E-state index in [0.717, 1.165) is 12.8 Å². The molecule has 0 radical (unpaired) electrons. The van der Waals surface area contributed by atoms with Crippen LogP contribution in [0.25, 0.3) is 0 Å². The molecule has 0 heterocycles. The Hall–Kier alpha value is -2.10. The lowest BCUT2D eigenvalue weighted by Crippen LogP contribution is -2.32. The summed E-state index contributed by atoms with van der Waals surface area (Å²) in [5.41, 5.74) is 6.17. The fourth-order valence-electron chi connectivity index (χ4n) is 3.88. The van der Waals surface area contributed by atoms with E-state index in [-0.39, 0.29) is 42.0 Å². The lowest BCUT2D eigenvalue weighted by Gasteiger charge is -2.28. The van der Waals surface area contributed by atoms with Gasteiger partial charge in [0.05, 0.1) is 20.8 Å². The van der Waals surface area contributed by atoms with E-state index >= 15 is 0 Å². The monoisotopic (exact) mass is 517 g/mol. The summed E-state index contributed by atoms with van der Waals surface area (Å²) in [6.07, 6.45) is 3.18. The van der Waals surface area contributed by atoms with Crippen molar-refractivity contribution in [3.63, 3.8) is 0 Å². The zero-order valence-electron chi connectivity index (χ0n) is 16.5. The largest absolute Gasteiger partial charge is 0.493 e. The Morgan fingerprint density at radius 3 is 2.28 bits per heavy atom. The van der Waals surface area contributed by atoms with Crippen LogP contribution >= 0.6 is 24.0 Å². The van der Waals surface area contributed by atoms with E-state index in [9.17, 15) is 8.78 Å². The van der Waals surface area contributed by atoms with E-state index in [0.29, 0.717) is 30.0 Å². The quantitative estimate of drug-likeness (QED) is 0.327. The number of methoxy groups -OCH3 is 2. The van der Waals surface area contributed by atoms with E-state index in [1.165, 1.54) is 18.2 Å². The summed E-state index contributed by atoms with van der Waals surface area (Å²) in [5.74, 6) is 0.284. The molecule has 0 aliphatic heterocycles. The molecule has 1 aliphatic carbocycles. The van der Waals surface area contributed by atoms with Crippen LogP contribution in [0, 0.1) is 11.6 Å². The molecule has 29 heavy (non-hydrogen) atoms. The number of guanidine groups is 1. The Morgan fingerprint density at radius 2 is 1.69 bits per heavy atom. The van der Waals surface area contributed by atoms with E-state index in [2.05, 4.69) is 10.3 Å². The molecule has 0 saturated heterocycles. The molecule has 8 heteroatoms. The Kier molecular flexibility index (Phi) is 8.06. The lowest BCUT2D eigenvalue weighted by atomic mass is 9.78. The molecule has 0 spiro atoms. The van der Waals surface area contributed by atoms with Crippen LogP contribution in [0.2, 0.25) is 0 Å². The second-order valence-corrected chi connectivity index (χ2v) is 6.98. The van der Waals surface area contributed by atoms with Gasteiger partial charge in [-0.05, 0) is 37.1 Å². The molecule has 0 amide bonds. The van der Waals surface area contributed by atoms with Crippen molar-refractivity contribution in [3.8, 4) is 11.5 Å². The van der Waals surface area contributed by atoms with Gasteiger partial charge in [-0.15, -0.1) is 24.0 Å². The number of nitrogens with one attached hydrogen (secondary N) is 1. The Labute approximate surface area is 186 Å². The molecular weight excluding hydrogens is 491 g/mol. The molecule has 1 aliphatic rings. The lowest BCUT2D eigenvalue weighted by molar-refractivity contribution is 0.355. The van der Waals surface area contributed by atoms with Crippen molar-refractivity contribution >= 4 is 35.6 Å². The first-order chi connectivity index (χ1) is 13.5. The summed E-state index contributed by atoms with van der Waals surface area (Å²) in [4.78, 5) is 4.41. The summed E-state index contributed by atoms with van der Waals surface area (Å²) < 4.78 is 39.3. The van der Waals surface area contributed by atoms with Gasteiger partial charge in [0.2, 0.25) is 0 Å². The van der Waals surface area contributed by atoms with E-state index in [1.54, 1.807) is 32.4 Å². The maximum Gasteiger partial charge on any atom is 0.193 e. The fourth-order valence-corrected chi connectivity index (χ4v) is 3.88. The van der Waals surface area contributed by atoms with Crippen LogP contribution in [-0.4, -0.2) is 26.7 Å². The third-order valence-electron chi connectivity index (χ3n) is 5.26. The van der Waals surface area contributed by atoms with Crippen LogP contribution < -0.4 is 20.5 Å². The topological polar surface area (TPSA) is 68.9 Å². The van der Waals surface area contributed by atoms with Gasteiger partial charge in [0.1, 0.15) is 11.6 Å². The van der Waals surface area contributed by atoms with E-state index in [1.807, 2.05) is 0 Å². The summed E-state index contributed by atoms with van der Waals surface area (Å²) in [6, 6.07) is 9.25. The molecule has 2 aromatic carbocycles. The van der Waals surface area contributed by atoms with Crippen LogP contribution in [-0.2, 0) is 5.41 Å². The number of ether oxygens (including phenoxy) is 2. The highest BCUT2D eigenvalue weighted by Gasteiger charge is 2.39. The summed E-state index contributed by atoms with van der Waals surface area (Å²) in [7, 11) is 3.11.